The summed E-state index contributed by atoms with van der Waals surface area (Å²) in [6, 6.07) is 7.04. The lowest BCUT2D eigenvalue weighted by molar-refractivity contribution is 0.0916. The molecule has 24 heavy (non-hydrogen) atoms. The van der Waals surface area contributed by atoms with E-state index in [1.165, 1.54) is 18.9 Å². The normalized spacial score (nSPS) is 23.3. The minimum Gasteiger partial charge on any atom is -0.387 e. The summed E-state index contributed by atoms with van der Waals surface area (Å²) in [5.41, 5.74) is 0.376. The molecule has 2 unspecified atom stereocenters. The average Bonchev–Trinajstić information content (AvgIpc) is 3.32. The molecule has 5 nitrogen and oxygen atoms in total. The molecular weight excluding hydrogens is 307 g/mol. The third-order valence-electron chi connectivity index (χ3n) is 5.11. The SMILES string of the molecule is OC(CN1CCCC(c2nncn2C2CC2)C1)c1ccccc1F. The molecule has 6 heteroatoms. The Hall–Kier alpha value is -1.79. The van der Waals surface area contributed by atoms with Gasteiger partial charge >= 0.3 is 0 Å². The molecule has 1 aliphatic heterocycles. The van der Waals surface area contributed by atoms with Crippen molar-refractivity contribution in [2.24, 2.45) is 0 Å². The number of piperidine rings is 1. The largest absolute Gasteiger partial charge is 0.387 e. The van der Waals surface area contributed by atoms with Gasteiger partial charge in [0.15, 0.2) is 0 Å². The van der Waals surface area contributed by atoms with Crippen LogP contribution < -0.4 is 0 Å². The molecule has 2 aromatic rings. The lowest BCUT2D eigenvalue weighted by atomic mass is 9.96. The summed E-state index contributed by atoms with van der Waals surface area (Å²) in [6.45, 7) is 2.23. The fourth-order valence-corrected chi connectivity index (χ4v) is 3.70. The molecular formula is C18H23FN4O. The van der Waals surface area contributed by atoms with Gasteiger partial charge in [0.25, 0.3) is 0 Å². The highest BCUT2D eigenvalue weighted by Crippen LogP contribution is 2.38. The molecule has 0 bridgehead atoms. The van der Waals surface area contributed by atoms with Gasteiger partial charge in [-0.15, -0.1) is 10.2 Å². The molecule has 2 heterocycles. The van der Waals surface area contributed by atoms with E-state index in [0.29, 0.717) is 24.1 Å². The first-order valence-corrected chi connectivity index (χ1v) is 8.76. The molecule has 1 N–H and O–H groups in total. The third kappa shape index (κ3) is 3.21. The van der Waals surface area contributed by atoms with Crippen molar-refractivity contribution in [3.8, 4) is 0 Å². The van der Waals surface area contributed by atoms with Crippen LogP contribution in [0, 0.1) is 5.82 Å². The average molecular weight is 330 g/mol. The molecule has 2 fully saturated rings. The summed E-state index contributed by atoms with van der Waals surface area (Å²) < 4.78 is 16.1. The topological polar surface area (TPSA) is 54.2 Å². The Morgan fingerprint density at radius 2 is 2.08 bits per heavy atom. The Morgan fingerprint density at radius 1 is 1.25 bits per heavy atom. The molecule has 1 aromatic carbocycles. The van der Waals surface area contributed by atoms with E-state index in [0.717, 1.165) is 31.8 Å². The van der Waals surface area contributed by atoms with Crippen molar-refractivity contribution in [3.05, 3.63) is 47.8 Å². The van der Waals surface area contributed by atoms with E-state index in [4.69, 9.17) is 0 Å². The van der Waals surface area contributed by atoms with Gasteiger partial charge in [-0.3, -0.25) is 4.90 Å². The second kappa shape index (κ2) is 6.61. The predicted molar refractivity (Wildman–Crippen MR) is 88.1 cm³/mol. The summed E-state index contributed by atoms with van der Waals surface area (Å²) in [5.74, 6) is 1.07. The molecule has 4 rings (SSSR count). The number of likely N-dealkylation sites (tertiary alicyclic amines) is 1. The van der Waals surface area contributed by atoms with Crippen LogP contribution in [-0.4, -0.2) is 44.4 Å². The van der Waals surface area contributed by atoms with Crippen LogP contribution in [0.3, 0.4) is 0 Å². The van der Waals surface area contributed by atoms with Crippen LogP contribution in [0.4, 0.5) is 4.39 Å². The van der Waals surface area contributed by atoms with Crippen molar-refractivity contribution in [2.75, 3.05) is 19.6 Å². The van der Waals surface area contributed by atoms with Crippen molar-refractivity contribution in [1.29, 1.82) is 0 Å². The predicted octanol–water partition coefficient (Wildman–Crippen LogP) is 2.67. The van der Waals surface area contributed by atoms with Crippen LogP contribution in [-0.2, 0) is 0 Å². The van der Waals surface area contributed by atoms with Gasteiger partial charge in [0.2, 0.25) is 0 Å². The highest BCUT2D eigenvalue weighted by atomic mass is 19.1. The smallest absolute Gasteiger partial charge is 0.137 e. The number of aliphatic hydroxyl groups excluding tert-OH is 1. The summed E-state index contributed by atoms with van der Waals surface area (Å²) in [7, 11) is 0. The van der Waals surface area contributed by atoms with Gasteiger partial charge < -0.3 is 9.67 Å². The molecule has 1 saturated heterocycles. The van der Waals surface area contributed by atoms with Crippen LogP contribution in [0.5, 0.6) is 0 Å². The second-order valence-electron chi connectivity index (χ2n) is 6.96. The number of hydrogen-bond donors (Lipinski definition) is 1. The van der Waals surface area contributed by atoms with E-state index in [1.54, 1.807) is 18.2 Å². The highest BCUT2D eigenvalue weighted by Gasteiger charge is 2.32. The Labute approximate surface area is 141 Å². The maximum atomic E-state index is 13.8. The van der Waals surface area contributed by atoms with Crippen LogP contribution in [0.1, 0.15) is 55.1 Å². The first kappa shape index (κ1) is 15.7. The van der Waals surface area contributed by atoms with E-state index >= 15 is 0 Å². The summed E-state index contributed by atoms with van der Waals surface area (Å²) >= 11 is 0. The van der Waals surface area contributed by atoms with Crippen molar-refractivity contribution >= 4 is 0 Å². The van der Waals surface area contributed by atoms with Crippen LogP contribution in [0.2, 0.25) is 0 Å². The Kier molecular flexibility index (Phi) is 4.33. The van der Waals surface area contributed by atoms with E-state index in [1.807, 2.05) is 6.33 Å². The Bertz CT molecular complexity index is 700. The quantitative estimate of drug-likeness (QED) is 0.916. The van der Waals surface area contributed by atoms with Gasteiger partial charge in [0.1, 0.15) is 18.0 Å². The maximum absolute atomic E-state index is 13.8. The van der Waals surface area contributed by atoms with E-state index < -0.39 is 6.10 Å². The zero-order chi connectivity index (χ0) is 16.5. The number of aromatic nitrogens is 3. The summed E-state index contributed by atoms with van der Waals surface area (Å²) in [5, 5.41) is 18.9. The van der Waals surface area contributed by atoms with E-state index in [2.05, 4.69) is 19.7 Å². The number of hydrogen-bond acceptors (Lipinski definition) is 4. The highest BCUT2D eigenvalue weighted by molar-refractivity contribution is 5.20. The molecule has 2 aliphatic rings. The van der Waals surface area contributed by atoms with Crippen LogP contribution in [0.25, 0.3) is 0 Å². The van der Waals surface area contributed by atoms with Gasteiger partial charge in [-0.1, -0.05) is 18.2 Å². The molecule has 2 atom stereocenters. The van der Waals surface area contributed by atoms with Crippen molar-refractivity contribution in [2.45, 2.75) is 43.7 Å². The first-order valence-electron chi connectivity index (χ1n) is 8.76. The van der Waals surface area contributed by atoms with E-state index in [9.17, 15) is 9.50 Å². The Balaban J connectivity index is 1.43. The number of benzene rings is 1. The van der Waals surface area contributed by atoms with Gasteiger partial charge in [0.05, 0.1) is 6.10 Å². The van der Waals surface area contributed by atoms with Crippen molar-refractivity contribution in [1.82, 2.24) is 19.7 Å². The summed E-state index contributed by atoms with van der Waals surface area (Å²) in [6.07, 6.45) is 5.64. The first-order chi connectivity index (χ1) is 11.7. The van der Waals surface area contributed by atoms with Crippen molar-refractivity contribution < 1.29 is 9.50 Å². The van der Waals surface area contributed by atoms with Crippen molar-refractivity contribution in [3.63, 3.8) is 0 Å². The fourth-order valence-electron chi connectivity index (χ4n) is 3.70. The van der Waals surface area contributed by atoms with Crippen LogP contribution in [0.15, 0.2) is 30.6 Å². The van der Waals surface area contributed by atoms with Crippen LogP contribution >= 0.6 is 0 Å². The number of halogens is 1. The third-order valence-corrected chi connectivity index (χ3v) is 5.11. The lowest BCUT2D eigenvalue weighted by Crippen LogP contribution is -2.38. The monoisotopic (exact) mass is 330 g/mol. The van der Waals surface area contributed by atoms with Gasteiger partial charge in [0, 0.05) is 30.6 Å². The lowest BCUT2D eigenvalue weighted by Gasteiger charge is -2.33. The molecule has 0 radical (unpaired) electrons. The molecule has 1 saturated carbocycles. The molecule has 1 aliphatic carbocycles. The van der Waals surface area contributed by atoms with E-state index in [-0.39, 0.29) is 5.82 Å². The molecule has 128 valence electrons. The molecule has 0 amide bonds. The molecule has 1 aromatic heterocycles. The number of nitrogens with zero attached hydrogens (tertiary/aromatic N) is 4. The minimum absolute atomic E-state index is 0.341. The van der Waals surface area contributed by atoms with Gasteiger partial charge in [-0.05, 0) is 38.3 Å². The molecule has 0 spiro atoms. The number of aliphatic hydroxyl groups is 1. The Morgan fingerprint density at radius 3 is 2.88 bits per heavy atom. The standard InChI is InChI=1S/C18H23FN4O/c19-16-6-2-1-5-15(16)17(24)11-22-9-3-4-13(10-22)18-21-20-12-23(18)14-7-8-14/h1-2,5-6,12-14,17,24H,3-4,7-11H2. The minimum atomic E-state index is -0.800. The fraction of sp³-hybridized carbons (Fsp3) is 0.556. The summed E-state index contributed by atoms with van der Waals surface area (Å²) in [4.78, 5) is 2.22. The zero-order valence-corrected chi connectivity index (χ0v) is 13.7. The van der Waals surface area contributed by atoms with Gasteiger partial charge in [-0.25, -0.2) is 4.39 Å². The number of rotatable bonds is 5. The zero-order valence-electron chi connectivity index (χ0n) is 13.7. The number of β-amino-alcohol motifs (C(OH)–C–C–N with tert-alkyl or cyclic N) is 1. The second-order valence-corrected chi connectivity index (χ2v) is 6.96. The maximum Gasteiger partial charge on any atom is 0.137 e. The van der Waals surface area contributed by atoms with Gasteiger partial charge in [-0.2, -0.15) is 0 Å².